The van der Waals surface area contributed by atoms with E-state index in [0.717, 1.165) is 38.5 Å². The molecule has 0 aromatic heterocycles. The fourth-order valence-corrected chi connectivity index (χ4v) is 2.80. The number of carbonyl (C=O) groups excluding carboxylic acids is 1. The normalized spacial score (nSPS) is 17.8. The molecule has 104 valence electrons. The van der Waals surface area contributed by atoms with Gasteiger partial charge in [-0.15, -0.1) is 0 Å². The predicted octanol–water partition coefficient (Wildman–Crippen LogP) is 4.44. The summed E-state index contributed by atoms with van der Waals surface area (Å²) in [5.41, 5.74) is -0.0745. The van der Waals surface area contributed by atoms with Crippen molar-refractivity contribution in [3.05, 3.63) is 35.4 Å². The van der Waals surface area contributed by atoms with Gasteiger partial charge in [0, 0.05) is 17.9 Å². The fraction of sp³-hybridized carbons (Fsp3) is 0.562. The van der Waals surface area contributed by atoms with Gasteiger partial charge in [-0.05, 0) is 25.0 Å². The SMILES string of the molecule is O=C(Cc1c(F)cccc1F)C1CCCCCCC1. The summed E-state index contributed by atoms with van der Waals surface area (Å²) in [6.45, 7) is 0. The Balaban J connectivity index is 2.03. The minimum atomic E-state index is -0.612. The lowest BCUT2D eigenvalue weighted by atomic mass is 9.86. The Kier molecular flexibility index (Phi) is 5.06. The van der Waals surface area contributed by atoms with Gasteiger partial charge in [0.1, 0.15) is 17.4 Å². The maximum absolute atomic E-state index is 13.5. The Bertz CT molecular complexity index is 414. The largest absolute Gasteiger partial charge is 0.299 e. The van der Waals surface area contributed by atoms with Gasteiger partial charge >= 0.3 is 0 Å². The van der Waals surface area contributed by atoms with Crippen LogP contribution >= 0.6 is 0 Å². The number of Topliss-reactive ketones (excluding diaryl/α,β-unsaturated/α-hetero) is 1. The van der Waals surface area contributed by atoms with Crippen LogP contribution in [-0.2, 0) is 11.2 Å². The standard InChI is InChI=1S/C16H20F2O/c17-14-9-6-10-15(18)13(14)11-16(19)12-7-4-2-1-3-5-8-12/h6,9-10,12H,1-5,7-8,11H2. The van der Waals surface area contributed by atoms with Crippen molar-refractivity contribution in [2.45, 2.75) is 51.4 Å². The summed E-state index contributed by atoms with van der Waals surface area (Å²) in [6, 6.07) is 3.75. The fourth-order valence-electron chi connectivity index (χ4n) is 2.80. The molecule has 0 unspecified atom stereocenters. The number of rotatable bonds is 3. The molecule has 0 spiro atoms. The number of hydrogen-bond donors (Lipinski definition) is 0. The van der Waals surface area contributed by atoms with Crippen molar-refractivity contribution in [1.82, 2.24) is 0 Å². The van der Waals surface area contributed by atoms with Crippen LogP contribution in [0, 0.1) is 17.6 Å². The molecule has 1 aliphatic carbocycles. The maximum atomic E-state index is 13.5. The van der Waals surface area contributed by atoms with E-state index in [1.807, 2.05) is 0 Å². The monoisotopic (exact) mass is 266 g/mol. The number of hydrogen-bond acceptors (Lipinski definition) is 1. The summed E-state index contributed by atoms with van der Waals surface area (Å²) in [6.07, 6.45) is 7.30. The molecule has 0 amide bonds. The number of benzene rings is 1. The average molecular weight is 266 g/mol. The predicted molar refractivity (Wildman–Crippen MR) is 70.9 cm³/mol. The first-order valence-electron chi connectivity index (χ1n) is 7.14. The molecule has 0 bridgehead atoms. The van der Waals surface area contributed by atoms with E-state index < -0.39 is 11.6 Å². The minimum absolute atomic E-state index is 0.00843. The van der Waals surface area contributed by atoms with Crippen molar-refractivity contribution >= 4 is 5.78 Å². The molecular weight excluding hydrogens is 246 g/mol. The van der Waals surface area contributed by atoms with Gasteiger partial charge < -0.3 is 0 Å². The van der Waals surface area contributed by atoms with E-state index in [1.54, 1.807) is 0 Å². The van der Waals surface area contributed by atoms with Crippen LogP contribution < -0.4 is 0 Å². The first-order chi connectivity index (χ1) is 9.18. The Morgan fingerprint density at radius 1 is 1.00 bits per heavy atom. The molecule has 1 aliphatic rings. The highest BCUT2D eigenvalue weighted by Crippen LogP contribution is 2.25. The molecule has 0 heterocycles. The third kappa shape index (κ3) is 3.85. The topological polar surface area (TPSA) is 17.1 Å². The molecule has 1 saturated carbocycles. The molecule has 0 N–H and O–H groups in total. The molecule has 0 radical (unpaired) electrons. The first-order valence-corrected chi connectivity index (χ1v) is 7.14. The van der Waals surface area contributed by atoms with Gasteiger partial charge in [-0.2, -0.15) is 0 Å². The Morgan fingerprint density at radius 2 is 1.53 bits per heavy atom. The van der Waals surface area contributed by atoms with Crippen molar-refractivity contribution in [3.8, 4) is 0 Å². The number of carbonyl (C=O) groups is 1. The van der Waals surface area contributed by atoms with E-state index in [1.165, 1.54) is 24.6 Å². The van der Waals surface area contributed by atoms with Crippen LogP contribution in [0.1, 0.15) is 50.5 Å². The summed E-state index contributed by atoms with van der Waals surface area (Å²) in [4.78, 5) is 12.2. The zero-order valence-corrected chi connectivity index (χ0v) is 11.1. The van der Waals surface area contributed by atoms with Gasteiger partial charge in [0.15, 0.2) is 0 Å². The van der Waals surface area contributed by atoms with Crippen LogP contribution in [-0.4, -0.2) is 5.78 Å². The van der Waals surface area contributed by atoms with Crippen molar-refractivity contribution in [3.63, 3.8) is 0 Å². The molecule has 0 aliphatic heterocycles. The third-order valence-electron chi connectivity index (χ3n) is 3.97. The van der Waals surface area contributed by atoms with Crippen LogP contribution in [0.4, 0.5) is 8.78 Å². The van der Waals surface area contributed by atoms with Crippen molar-refractivity contribution in [2.24, 2.45) is 5.92 Å². The van der Waals surface area contributed by atoms with E-state index in [0.29, 0.717) is 0 Å². The number of halogens is 2. The highest BCUT2D eigenvalue weighted by atomic mass is 19.1. The van der Waals surface area contributed by atoms with Crippen molar-refractivity contribution in [1.29, 1.82) is 0 Å². The van der Waals surface area contributed by atoms with Crippen LogP contribution in [0.15, 0.2) is 18.2 Å². The van der Waals surface area contributed by atoms with Gasteiger partial charge in [0.25, 0.3) is 0 Å². The van der Waals surface area contributed by atoms with Gasteiger partial charge in [-0.1, -0.05) is 38.2 Å². The van der Waals surface area contributed by atoms with Crippen LogP contribution in [0.3, 0.4) is 0 Å². The molecule has 1 aromatic rings. The smallest absolute Gasteiger partial charge is 0.140 e. The minimum Gasteiger partial charge on any atom is -0.299 e. The summed E-state index contributed by atoms with van der Waals surface area (Å²) >= 11 is 0. The second-order valence-electron chi connectivity index (χ2n) is 5.39. The van der Waals surface area contributed by atoms with Crippen molar-refractivity contribution in [2.75, 3.05) is 0 Å². The lowest BCUT2D eigenvalue weighted by molar-refractivity contribution is -0.122. The highest BCUT2D eigenvalue weighted by Gasteiger charge is 2.22. The van der Waals surface area contributed by atoms with Gasteiger partial charge in [0.2, 0.25) is 0 Å². The molecule has 3 heteroatoms. The average Bonchev–Trinajstić information content (AvgIpc) is 2.33. The second-order valence-corrected chi connectivity index (χ2v) is 5.39. The van der Waals surface area contributed by atoms with Gasteiger partial charge in [0.05, 0.1) is 0 Å². The summed E-state index contributed by atoms with van der Waals surface area (Å²) in [5, 5.41) is 0. The first kappa shape index (κ1) is 14.2. The molecule has 19 heavy (non-hydrogen) atoms. The molecule has 1 fully saturated rings. The van der Waals surface area contributed by atoms with E-state index in [-0.39, 0.29) is 23.7 Å². The van der Waals surface area contributed by atoms with Gasteiger partial charge in [-0.25, -0.2) is 8.78 Å². The van der Waals surface area contributed by atoms with Crippen molar-refractivity contribution < 1.29 is 13.6 Å². The quantitative estimate of drug-likeness (QED) is 0.790. The summed E-state index contributed by atoms with van der Waals surface area (Å²) < 4.78 is 27.1. The maximum Gasteiger partial charge on any atom is 0.140 e. The summed E-state index contributed by atoms with van der Waals surface area (Å²) in [7, 11) is 0. The Labute approximate surface area is 113 Å². The second kappa shape index (κ2) is 6.78. The van der Waals surface area contributed by atoms with E-state index >= 15 is 0 Å². The van der Waals surface area contributed by atoms with Crippen LogP contribution in [0.5, 0.6) is 0 Å². The van der Waals surface area contributed by atoms with E-state index in [9.17, 15) is 13.6 Å². The molecular formula is C16H20F2O. The summed E-state index contributed by atoms with van der Waals surface area (Å²) in [5.74, 6) is -1.25. The Hall–Kier alpha value is -1.25. The van der Waals surface area contributed by atoms with Gasteiger partial charge in [-0.3, -0.25) is 4.79 Å². The molecule has 1 nitrogen and oxygen atoms in total. The zero-order chi connectivity index (χ0) is 13.7. The Morgan fingerprint density at radius 3 is 2.11 bits per heavy atom. The molecule has 0 atom stereocenters. The lowest BCUT2D eigenvalue weighted by Crippen LogP contribution is -2.19. The van der Waals surface area contributed by atoms with Crippen LogP contribution in [0.25, 0.3) is 0 Å². The highest BCUT2D eigenvalue weighted by molar-refractivity contribution is 5.83. The lowest BCUT2D eigenvalue weighted by Gasteiger charge is -2.18. The number of ketones is 1. The molecule has 2 rings (SSSR count). The van der Waals surface area contributed by atoms with Crippen LogP contribution in [0.2, 0.25) is 0 Å². The molecule has 1 aromatic carbocycles. The molecule has 0 saturated heterocycles. The van der Waals surface area contributed by atoms with E-state index in [2.05, 4.69) is 0 Å². The van der Waals surface area contributed by atoms with E-state index in [4.69, 9.17) is 0 Å². The third-order valence-corrected chi connectivity index (χ3v) is 3.97. The zero-order valence-electron chi connectivity index (χ0n) is 11.1.